The van der Waals surface area contributed by atoms with Crippen LogP contribution in [0.4, 0.5) is 0 Å². The molecule has 0 aliphatic heterocycles. The summed E-state index contributed by atoms with van der Waals surface area (Å²) in [6, 6.07) is 0. The number of carbonyl (C=O) groups is 2. The zero-order valence-corrected chi connectivity index (χ0v) is 15.1. The number of esters is 2. The molecule has 1 atom stereocenters. The van der Waals surface area contributed by atoms with Crippen LogP contribution in [-0.2, 0) is 19.1 Å². The molecule has 0 radical (unpaired) electrons. The maximum atomic E-state index is 11.6. The van der Waals surface area contributed by atoms with E-state index in [9.17, 15) is 9.59 Å². The summed E-state index contributed by atoms with van der Waals surface area (Å²) in [5, 5.41) is 0. The van der Waals surface area contributed by atoms with Gasteiger partial charge >= 0.3 is 11.9 Å². The van der Waals surface area contributed by atoms with E-state index in [0.29, 0.717) is 35.5 Å². The molecule has 2 aliphatic carbocycles. The van der Waals surface area contributed by atoms with Crippen LogP contribution >= 0.6 is 0 Å². The molecule has 2 rings (SSSR count). The molecule has 2 aliphatic rings. The average Bonchev–Trinajstić information content (AvgIpc) is 2.55. The van der Waals surface area contributed by atoms with Gasteiger partial charge in [-0.25, -0.2) is 9.59 Å². The van der Waals surface area contributed by atoms with Crippen LogP contribution in [-0.4, -0.2) is 11.9 Å². The summed E-state index contributed by atoms with van der Waals surface area (Å²) in [6.45, 7) is 12.5. The van der Waals surface area contributed by atoms with Crippen LogP contribution in [0.15, 0.2) is 71.3 Å². The van der Waals surface area contributed by atoms with Gasteiger partial charge in [0, 0.05) is 24.0 Å². The second kappa shape index (κ2) is 7.97. The van der Waals surface area contributed by atoms with E-state index in [-0.39, 0.29) is 17.9 Å². The first-order valence-electron chi connectivity index (χ1n) is 8.34. The van der Waals surface area contributed by atoms with Crippen molar-refractivity contribution in [1.82, 2.24) is 0 Å². The molecule has 0 N–H and O–H groups in total. The van der Waals surface area contributed by atoms with E-state index < -0.39 is 0 Å². The van der Waals surface area contributed by atoms with Gasteiger partial charge in [0.1, 0.15) is 11.5 Å². The molecule has 0 heterocycles. The lowest BCUT2D eigenvalue weighted by molar-refractivity contribution is -0.136. The largest absolute Gasteiger partial charge is 0.428 e. The minimum Gasteiger partial charge on any atom is -0.428 e. The van der Waals surface area contributed by atoms with E-state index in [2.05, 4.69) is 20.1 Å². The fraction of sp³-hybridized carbons (Fsp3) is 0.333. The lowest BCUT2D eigenvalue weighted by atomic mass is 9.83. The Bertz CT molecular complexity index is 744. The quantitative estimate of drug-likeness (QED) is 0.539. The molecule has 0 spiro atoms. The van der Waals surface area contributed by atoms with Crippen LogP contribution in [0.25, 0.3) is 0 Å². The number of hydrogen-bond donors (Lipinski definition) is 0. The summed E-state index contributed by atoms with van der Waals surface area (Å²) in [7, 11) is 0. The minimum absolute atomic E-state index is 0.247. The lowest BCUT2D eigenvalue weighted by Gasteiger charge is -2.25. The molecule has 0 fully saturated rings. The van der Waals surface area contributed by atoms with E-state index >= 15 is 0 Å². The second-order valence-corrected chi connectivity index (χ2v) is 6.52. The molecule has 0 aromatic carbocycles. The highest BCUT2D eigenvalue weighted by Gasteiger charge is 2.22. The number of carbonyl (C=O) groups excluding carboxylic acids is 2. The number of ether oxygens (including phenoxy) is 2. The minimum atomic E-state index is -0.390. The average molecular weight is 340 g/mol. The predicted molar refractivity (Wildman–Crippen MR) is 97.2 cm³/mol. The van der Waals surface area contributed by atoms with Gasteiger partial charge < -0.3 is 9.47 Å². The molecule has 0 amide bonds. The standard InChI is InChI=1S/C21H24O4/c1-13(2)20(22)24-17-8-6-16(7-9-17)19-11-10-18(12-15(19)5)25-21(23)14(3)4/h6,8,10-11,15H,1,3,7,9,12H2,2,4-5H3. The summed E-state index contributed by atoms with van der Waals surface area (Å²) in [6.07, 6.45) is 9.83. The van der Waals surface area contributed by atoms with Crippen molar-refractivity contribution in [3.8, 4) is 0 Å². The van der Waals surface area contributed by atoms with Gasteiger partial charge in [-0.2, -0.15) is 0 Å². The Morgan fingerprint density at radius 1 is 0.920 bits per heavy atom. The Balaban J connectivity index is 2.09. The topological polar surface area (TPSA) is 52.6 Å². The first-order chi connectivity index (χ1) is 11.8. The molecule has 4 heteroatoms. The van der Waals surface area contributed by atoms with E-state index in [0.717, 1.165) is 6.42 Å². The van der Waals surface area contributed by atoms with Crippen LogP contribution < -0.4 is 0 Å². The third kappa shape index (κ3) is 4.92. The van der Waals surface area contributed by atoms with Crippen molar-refractivity contribution in [2.45, 2.75) is 40.0 Å². The van der Waals surface area contributed by atoms with Crippen LogP contribution in [0.1, 0.15) is 40.0 Å². The lowest BCUT2D eigenvalue weighted by Crippen LogP contribution is -2.14. The normalized spacial score (nSPS) is 19.7. The van der Waals surface area contributed by atoms with Gasteiger partial charge in [-0.15, -0.1) is 0 Å². The summed E-state index contributed by atoms with van der Waals surface area (Å²) >= 11 is 0. The number of allylic oxidation sites excluding steroid dienone is 8. The Kier molecular flexibility index (Phi) is 5.97. The van der Waals surface area contributed by atoms with Crippen molar-refractivity contribution in [2.24, 2.45) is 5.92 Å². The highest BCUT2D eigenvalue weighted by Crippen LogP contribution is 2.35. The molecular weight excluding hydrogens is 316 g/mol. The van der Waals surface area contributed by atoms with Crippen LogP contribution in [0.3, 0.4) is 0 Å². The maximum Gasteiger partial charge on any atom is 0.338 e. The van der Waals surface area contributed by atoms with Crippen molar-refractivity contribution in [1.29, 1.82) is 0 Å². The maximum absolute atomic E-state index is 11.6. The molecule has 25 heavy (non-hydrogen) atoms. The number of hydrogen-bond acceptors (Lipinski definition) is 4. The van der Waals surface area contributed by atoms with Crippen molar-refractivity contribution in [2.75, 3.05) is 0 Å². The zero-order chi connectivity index (χ0) is 18.6. The van der Waals surface area contributed by atoms with Gasteiger partial charge in [-0.1, -0.05) is 32.2 Å². The molecule has 132 valence electrons. The highest BCUT2D eigenvalue weighted by atomic mass is 16.5. The van der Waals surface area contributed by atoms with Gasteiger partial charge in [0.2, 0.25) is 0 Å². The molecule has 0 aromatic rings. The third-order valence-corrected chi connectivity index (χ3v) is 4.11. The molecule has 1 unspecified atom stereocenters. The Hall–Kier alpha value is -2.62. The van der Waals surface area contributed by atoms with Crippen molar-refractivity contribution in [3.63, 3.8) is 0 Å². The molecule has 0 bridgehead atoms. The van der Waals surface area contributed by atoms with Gasteiger partial charge in [-0.3, -0.25) is 0 Å². The highest BCUT2D eigenvalue weighted by molar-refractivity contribution is 5.88. The van der Waals surface area contributed by atoms with Gasteiger partial charge in [0.25, 0.3) is 0 Å². The summed E-state index contributed by atoms with van der Waals surface area (Å²) in [5.74, 6) is 0.788. The van der Waals surface area contributed by atoms with Crippen LogP contribution in [0.5, 0.6) is 0 Å². The first kappa shape index (κ1) is 18.7. The Morgan fingerprint density at radius 3 is 1.96 bits per heavy atom. The summed E-state index contributed by atoms with van der Waals surface area (Å²) < 4.78 is 10.6. The van der Waals surface area contributed by atoms with E-state index in [1.54, 1.807) is 13.8 Å². The zero-order valence-electron chi connectivity index (χ0n) is 15.1. The second-order valence-electron chi connectivity index (χ2n) is 6.52. The molecule has 0 saturated carbocycles. The van der Waals surface area contributed by atoms with Gasteiger partial charge in [-0.05, 0) is 49.5 Å². The van der Waals surface area contributed by atoms with Gasteiger partial charge in [0.15, 0.2) is 0 Å². The third-order valence-electron chi connectivity index (χ3n) is 4.11. The predicted octanol–water partition coefficient (Wildman–Crippen LogP) is 4.68. The van der Waals surface area contributed by atoms with Crippen molar-refractivity contribution < 1.29 is 19.1 Å². The van der Waals surface area contributed by atoms with Crippen LogP contribution in [0, 0.1) is 5.92 Å². The van der Waals surface area contributed by atoms with Crippen molar-refractivity contribution in [3.05, 3.63) is 71.3 Å². The van der Waals surface area contributed by atoms with E-state index in [1.165, 1.54) is 11.1 Å². The van der Waals surface area contributed by atoms with Gasteiger partial charge in [0.05, 0.1) is 0 Å². The van der Waals surface area contributed by atoms with E-state index in [4.69, 9.17) is 9.47 Å². The summed E-state index contributed by atoms with van der Waals surface area (Å²) in [5.41, 5.74) is 3.21. The molecular formula is C21H24O4. The monoisotopic (exact) mass is 340 g/mol. The fourth-order valence-corrected chi connectivity index (χ4v) is 2.68. The molecule has 4 nitrogen and oxygen atoms in total. The summed E-state index contributed by atoms with van der Waals surface area (Å²) in [4.78, 5) is 23.2. The molecule has 0 saturated heterocycles. The SMILES string of the molecule is C=C(C)C(=O)OC1=CC=C(C2=CC=C(OC(=O)C(=C)C)CC2C)CC1. The van der Waals surface area contributed by atoms with E-state index in [1.807, 2.05) is 24.3 Å². The van der Waals surface area contributed by atoms with Crippen molar-refractivity contribution >= 4 is 11.9 Å². The number of rotatable bonds is 5. The molecule has 0 aromatic heterocycles. The Labute approximate surface area is 148 Å². The Morgan fingerprint density at radius 2 is 1.48 bits per heavy atom. The van der Waals surface area contributed by atoms with Crippen LogP contribution in [0.2, 0.25) is 0 Å². The first-order valence-corrected chi connectivity index (χ1v) is 8.34. The smallest absolute Gasteiger partial charge is 0.338 e. The fourth-order valence-electron chi connectivity index (χ4n) is 2.68.